The first kappa shape index (κ1) is 31.9. The predicted molar refractivity (Wildman–Crippen MR) is 187 cm³/mol. The van der Waals surface area contributed by atoms with Crippen molar-refractivity contribution in [2.45, 2.75) is 76.3 Å². The fraction of sp³-hybridized carbons (Fsp3) is 0.350. The Morgan fingerprint density at radius 2 is 1.85 bits per heavy atom. The van der Waals surface area contributed by atoms with Crippen LogP contribution in [0.5, 0.6) is 17.2 Å². The molecule has 4 heterocycles. The zero-order valence-electron chi connectivity index (χ0n) is 27.1. The number of hydrogen-bond donors (Lipinski definition) is 5. The van der Waals surface area contributed by atoms with Crippen LogP contribution in [-0.4, -0.2) is 44.9 Å². The summed E-state index contributed by atoms with van der Waals surface area (Å²) in [4.78, 5) is 0. The van der Waals surface area contributed by atoms with E-state index in [0.29, 0.717) is 31.6 Å². The van der Waals surface area contributed by atoms with Crippen molar-refractivity contribution in [1.82, 2.24) is 9.88 Å². The van der Waals surface area contributed by atoms with Crippen LogP contribution < -0.4 is 15.8 Å². The number of benzene rings is 3. The summed E-state index contributed by atoms with van der Waals surface area (Å²) < 4.78 is 14.9. The normalized spacial score (nSPS) is 23.2. The Labute approximate surface area is 281 Å². The van der Waals surface area contributed by atoms with Crippen LogP contribution in [0.3, 0.4) is 0 Å². The molecule has 6 N–H and O–H groups in total. The van der Waals surface area contributed by atoms with Gasteiger partial charge in [-0.05, 0) is 98.4 Å². The quantitative estimate of drug-likeness (QED) is 0.170. The van der Waals surface area contributed by atoms with Gasteiger partial charge in [-0.1, -0.05) is 48.2 Å². The van der Waals surface area contributed by atoms with E-state index in [4.69, 9.17) is 15.2 Å². The monoisotopic (exact) mass is 645 g/mol. The van der Waals surface area contributed by atoms with Crippen LogP contribution >= 0.6 is 0 Å². The maximum Gasteiger partial charge on any atom is 0.161 e. The van der Waals surface area contributed by atoms with Crippen molar-refractivity contribution in [3.63, 3.8) is 0 Å². The summed E-state index contributed by atoms with van der Waals surface area (Å²) >= 11 is 0. The number of nitrogens with one attached hydrogen (secondary N) is 1. The lowest BCUT2D eigenvalue weighted by Crippen LogP contribution is -2.40. The van der Waals surface area contributed by atoms with E-state index in [1.165, 1.54) is 5.56 Å². The molecule has 8 heteroatoms. The Bertz CT molecular complexity index is 1900. The van der Waals surface area contributed by atoms with E-state index in [-0.39, 0.29) is 30.1 Å². The molecule has 0 saturated heterocycles. The molecule has 0 aliphatic carbocycles. The topological polar surface area (TPSA) is 122 Å². The van der Waals surface area contributed by atoms with Crippen LogP contribution in [0.2, 0.25) is 0 Å². The number of aromatic nitrogens is 1. The first-order valence-corrected chi connectivity index (χ1v) is 17.0. The Morgan fingerprint density at radius 1 is 0.979 bits per heavy atom. The summed E-state index contributed by atoms with van der Waals surface area (Å²) in [6.45, 7) is 0.615. The largest absolute Gasteiger partial charge is 0.508 e. The number of rotatable bonds is 3. The summed E-state index contributed by atoms with van der Waals surface area (Å²) in [5, 5.41) is 37.1. The summed E-state index contributed by atoms with van der Waals surface area (Å²) in [6, 6.07) is 19.0. The molecule has 3 aromatic carbocycles. The first-order valence-electron chi connectivity index (χ1n) is 17.0. The van der Waals surface area contributed by atoms with E-state index in [2.05, 4.69) is 40.2 Å². The molecule has 248 valence electrons. The number of aromatic hydroxyl groups is 2. The highest BCUT2D eigenvalue weighted by atomic mass is 16.5. The third kappa shape index (κ3) is 7.39. The molecule has 8 nitrogen and oxygen atoms in total. The van der Waals surface area contributed by atoms with Crippen molar-refractivity contribution < 1.29 is 24.8 Å². The number of nitrogens with zero attached hydrogens (tertiary/aromatic N) is 1. The number of phenolic OH excluding ortho intramolecular Hbond substituents is 2. The van der Waals surface area contributed by atoms with E-state index in [0.717, 1.165) is 71.0 Å². The van der Waals surface area contributed by atoms with Crippen LogP contribution in [-0.2, 0) is 24.2 Å². The smallest absolute Gasteiger partial charge is 0.161 e. The van der Waals surface area contributed by atoms with Crippen molar-refractivity contribution >= 4 is 16.6 Å². The second kappa shape index (κ2) is 14.2. The molecule has 0 radical (unpaired) electrons. The van der Waals surface area contributed by atoms with E-state index in [1.807, 2.05) is 42.5 Å². The molecule has 0 fully saturated rings. The number of aryl methyl sites for hydroxylation is 2. The van der Waals surface area contributed by atoms with Crippen LogP contribution in [0.4, 0.5) is 0 Å². The maximum absolute atomic E-state index is 11.2. The first-order chi connectivity index (χ1) is 23.4. The highest BCUT2D eigenvalue weighted by molar-refractivity contribution is 5.87. The molecule has 0 saturated carbocycles. The van der Waals surface area contributed by atoms with Gasteiger partial charge in [-0.15, -0.1) is 0 Å². The fourth-order valence-electron chi connectivity index (χ4n) is 6.95. The minimum Gasteiger partial charge on any atom is -0.508 e. The van der Waals surface area contributed by atoms with Gasteiger partial charge in [-0.25, -0.2) is 0 Å². The average molecular weight is 646 g/mol. The third-order valence-corrected chi connectivity index (χ3v) is 9.67. The SMILES string of the molecule is NC1C=C2C#C[C@H](CCc3ccc(O)cc3)CCC[C@H]3C[C@H](O)CCc4ccc(O)c(c4)OCc4cccc5cn(cc45)C(=C2CO3)N1. The number of ether oxygens (including phenoxy) is 2. The van der Waals surface area contributed by atoms with Gasteiger partial charge in [0.2, 0.25) is 0 Å². The van der Waals surface area contributed by atoms with E-state index >= 15 is 0 Å². The maximum atomic E-state index is 11.2. The van der Waals surface area contributed by atoms with Crippen molar-refractivity contribution in [3.8, 4) is 29.1 Å². The fourth-order valence-corrected chi connectivity index (χ4v) is 6.95. The molecule has 0 spiro atoms. The van der Waals surface area contributed by atoms with E-state index in [9.17, 15) is 15.3 Å². The molecule has 3 aliphatic heterocycles. The summed E-state index contributed by atoms with van der Waals surface area (Å²) in [5.74, 6) is 8.90. The number of hydrogen-bond acceptors (Lipinski definition) is 7. The molecule has 4 aromatic rings. The van der Waals surface area contributed by atoms with E-state index in [1.54, 1.807) is 18.2 Å². The molecule has 0 amide bonds. The Morgan fingerprint density at radius 3 is 2.73 bits per heavy atom. The molecular formula is C40H43N3O5. The van der Waals surface area contributed by atoms with Gasteiger partial charge < -0.3 is 40.4 Å². The summed E-state index contributed by atoms with van der Waals surface area (Å²) in [6.07, 6.45) is 11.2. The molecule has 3 aliphatic rings. The molecular weight excluding hydrogens is 602 g/mol. The van der Waals surface area contributed by atoms with Crippen molar-refractivity contribution in [3.05, 3.63) is 107 Å². The Balaban J connectivity index is 1.28. The van der Waals surface area contributed by atoms with Crippen LogP contribution in [0.25, 0.3) is 16.6 Å². The Hall–Kier alpha value is -4.68. The number of aliphatic hydroxyl groups excluding tert-OH is 1. The van der Waals surface area contributed by atoms with Crippen LogP contribution in [0.15, 0.2) is 90.3 Å². The van der Waals surface area contributed by atoms with Crippen LogP contribution in [0, 0.1) is 17.8 Å². The second-order valence-electron chi connectivity index (χ2n) is 13.2. The molecule has 1 aromatic heterocycles. The minimum absolute atomic E-state index is 0.0921. The molecule has 7 rings (SSSR count). The zero-order valence-corrected chi connectivity index (χ0v) is 27.1. The molecule has 4 atom stereocenters. The number of aliphatic hydroxyl groups is 1. The van der Waals surface area contributed by atoms with Gasteiger partial charge in [0.1, 0.15) is 18.2 Å². The molecule has 48 heavy (non-hydrogen) atoms. The van der Waals surface area contributed by atoms with Gasteiger partial charge in [0.25, 0.3) is 0 Å². The lowest BCUT2D eigenvalue weighted by molar-refractivity contribution is 0.0167. The minimum atomic E-state index is -0.552. The van der Waals surface area contributed by atoms with Crippen molar-refractivity contribution in [2.24, 2.45) is 11.7 Å². The second-order valence-corrected chi connectivity index (χ2v) is 13.2. The van der Waals surface area contributed by atoms with Gasteiger partial charge >= 0.3 is 0 Å². The van der Waals surface area contributed by atoms with Crippen molar-refractivity contribution in [2.75, 3.05) is 6.61 Å². The number of fused-ring (bicyclic) bond motifs is 6. The van der Waals surface area contributed by atoms with Gasteiger partial charge in [-0.2, -0.15) is 0 Å². The van der Waals surface area contributed by atoms with Gasteiger partial charge in [0.15, 0.2) is 11.5 Å². The highest BCUT2D eigenvalue weighted by Gasteiger charge is 2.25. The number of nitrogens with two attached hydrogens (primary N) is 1. The predicted octanol–water partition coefficient (Wildman–Crippen LogP) is 6.13. The van der Waals surface area contributed by atoms with Gasteiger partial charge in [-0.3, -0.25) is 0 Å². The average Bonchev–Trinajstić information content (AvgIpc) is 3.51. The summed E-state index contributed by atoms with van der Waals surface area (Å²) in [5.41, 5.74) is 11.5. The highest BCUT2D eigenvalue weighted by Crippen LogP contribution is 2.32. The number of dihydropyridines is 1. The summed E-state index contributed by atoms with van der Waals surface area (Å²) in [7, 11) is 0. The standard InChI is InChI=1S/C40H43N3O5/c41-39-20-29-14-9-26(7-8-27-10-15-32(44)16-11-27)3-1-6-34-21-33(45)17-12-28-13-18-37(46)38(19-28)48-24-31-5-2-4-30-22-43(23-35(30)31)40(42-39)36(29)25-47-34/h2,4-5,10-11,13,15-16,18-20,22-23,26,33-34,39,42,44-46H,1,3,6-8,12,17,21,24-25,41H2/t26-,33+,34-,39?/m0/s1. The molecule has 6 bridgehead atoms. The Kier molecular flexibility index (Phi) is 9.44. The lowest BCUT2D eigenvalue weighted by Gasteiger charge is -2.28. The number of phenols is 2. The lowest BCUT2D eigenvalue weighted by atomic mass is 9.92. The van der Waals surface area contributed by atoms with Gasteiger partial charge in [0.05, 0.1) is 25.0 Å². The van der Waals surface area contributed by atoms with E-state index < -0.39 is 12.3 Å². The molecule has 1 unspecified atom stereocenters. The van der Waals surface area contributed by atoms with Gasteiger partial charge in [0, 0.05) is 40.2 Å². The third-order valence-electron chi connectivity index (χ3n) is 9.67. The zero-order chi connectivity index (χ0) is 33.0. The van der Waals surface area contributed by atoms with Crippen LogP contribution in [0.1, 0.15) is 55.2 Å². The van der Waals surface area contributed by atoms with Crippen molar-refractivity contribution in [1.29, 1.82) is 0 Å².